The number of nitro groups is 1. The number of nitro benzene ring substituents is 1. The smallest absolute Gasteiger partial charge is 0.269 e. The molecule has 0 fully saturated rings. The van der Waals surface area contributed by atoms with Crippen LogP contribution < -0.4 is 14.9 Å². The first-order chi connectivity index (χ1) is 17.5. The molecule has 0 spiro atoms. The van der Waals surface area contributed by atoms with Gasteiger partial charge in [-0.15, -0.1) is 11.3 Å². The molecule has 1 N–H and O–H groups in total. The molecule has 10 heteroatoms. The number of hydrazone groups is 1. The quantitative estimate of drug-likeness (QED) is 0.185. The summed E-state index contributed by atoms with van der Waals surface area (Å²) in [6.45, 7) is 0.223. The number of aromatic nitrogens is 1. The molecule has 0 saturated carbocycles. The molecular weight excluding hydrogens is 480 g/mol. The van der Waals surface area contributed by atoms with E-state index in [2.05, 4.69) is 15.5 Å². The van der Waals surface area contributed by atoms with Gasteiger partial charge in [0.1, 0.15) is 11.6 Å². The molecule has 9 nitrogen and oxygen atoms in total. The Balaban J connectivity index is 1.30. The van der Waals surface area contributed by atoms with Gasteiger partial charge in [0.25, 0.3) is 5.69 Å². The van der Waals surface area contributed by atoms with Crippen molar-refractivity contribution in [3.63, 3.8) is 0 Å². The first-order valence-electron chi connectivity index (χ1n) is 10.9. The zero-order chi connectivity index (χ0) is 25.3. The number of carbonyl (C=O) groups is 1. The van der Waals surface area contributed by atoms with E-state index in [9.17, 15) is 14.9 Å². The van der Waals surface area contributed by atoms with Crippen LogP contribution in [0, 0.1) is 10.1 Å². The van der Waals surface area contributed by atoms with Gasteiger partial charge in [0, 0.05) is 23.1 Å². The van der Waals surface area contributed by atoms with Crippen molar-refractivity contribution in [2.24, 2.45) is 5.10 Å². The maximum atomic E-state index is 12.3. The molecule has 0 aliphatic heterocycles. The molecule has 0 unspecified atom stereocenters. The third-order valence-corrected chi connectivity index (χ3v) is 5.99. The summed E-state index contributed by atoms with van der Waals surface area (Å²) in [6.07, 6.45) is 1.64. The molecule has 182 valence electrons. The van der Waals surface area contributed by atoms with E-state index in [0.29, 0.717) is 22.8 Å². The van der Waals surface area contributed by atoms with Gasteiger partial charge in [0.2, 0.25) is 5.91 Å². The van der Waals surface area contributed by atoms with Crippen LogP contribution in [0.4, 0.5) is 5.69 Å². The number of non-ortho nitro benzene ring substituents is 1. The topological polar surface area (TPSA) is 116 Å². The molecule has 36 heavy (non-hydrogen) atoms. The van der Waals surface area contributed by atoms with Gasteiger partial charge in [-0.25, -0.2) is 10.4 Å². The lowest BCUT2D eigenvalue weighted by Gasteiger charge is -2.11. The fourth-order valence-electron chi connectivity index (χ4n) is 3.24. The maximum absolute atomic E-state index is 12.3. The number of benzene rings is 3. The van der Waals surface area contributed by atoms with Crippen LogP contribution in [0.3, 0.4) is 0 Å². The Hall–Kier alpha value is -4.57. The summed E-state index contributed by atoms with van der Waals surface area (Å²) in [5, 5.41) is 17.5. The molecule has 1 amide bonds. The molecule has 0 saturated heterocycles. The number of nitrogens with zero attached hydrogens (tertiary/aromatic N) is 3. The third-order valence-electron chi connectivity index (χ3n) is 5.05. The molecule has 4 rings (SSSR count). The van der Waals surface area contributed by atoms with E-state index in [4.69, 9.17) is 9.47 Å². The fraction of sp³-hybridized carbons (Fsp3) is 0.115. The first-order valence-corrected chi connectivity index (χ1v) is 11.8. The molecular formula is C26H22N4O5S. The van der Waals surface area contributed by atoms with Gasteiger partial charge in [-0.2, -0.15) is 5.10 Å². The van der Waals surface area contributed by atoms with Crippen molar-refractivity contribution < 1.29 is 19.2 Å². The molecule has 3 aromatic carbocycles. The lowest BCUT2D eigenvalue weighted by Crippen LogP contribution is -2.19. The minimum absolute atomic E-state index is 0.0237. The van der Waals surface area contributed by atoms with Gasteiger partial charge in [0.05, 0.1) is 30.4 Å². The molecule has 0 atom stereocenters. The number of amides is 1. The van der Waals surface area contributed by atoms with Crippen LogP contribution in [0.15, 0.2) is 83.3 Å². The zero-order valence-electron chi connectivity index (χ0n) is 19.3. The van der Waals surface area contributed by atoms with Crippen LogP contribution in [-0.2, 0) is 17.8 Å². The fourth-order valence-corrected chi connectivity index (χ4v) is 4.07. The summed E-state index contributed by atoms with van der Waals surface area (Å²) in [6, 6.07) is 21.2. The molecule has 1 aromatic heterocycles. The van der Waals surface area contributed by atoms with E-state index in [1.807, 2.05) is 35.7 Å². The van der Waals surface area contributed by atoms with Crippen LogP contribution in [-0.4, -0.2) is 29.1 Å². The Morgan fingerprint density at radius 1 is 1.11 bits per heavy atom. The summed E-state index contributed by atoms with van der Waals surface area (Å²) < 4.78 is 11.2. The van der Waals surface area contributed by atoms with E-state index in [-0.39, 0.29) is 24.6 Å². The summed E-state index contributed by atoms with van der Waals surface area (Å²) in [4.78, 5) is 27.1. The van der Waals surface area contributed by atoms with Crippen molar-refractivity contribution in [3.05, 3.63) is 105 Å². The Labute approximate surface area is 211 Å². The summed E-state index contributed by atoms with van der Waals surface area (Å²) in [5.74, 6) is 0.726. The molecule has 0 bridgehead atoms. The second-order valence-corrected chi connectivity index (χ2v) is 8.46. The van der Waals surface area contributed by atoms with Gasteiger partial charge < -0.3 is 9.47 Å². The maximum Gasteiger partial charge on any atom is 0.269 e. The summed E-state index contributed by atoms with van der Waals surface area (Å²) in [7, 11) is 1.52. The second kappa shape index (κ2) is 11.7. The lowest BCUT2D eigenvalue weighted by molar-refractivity contribution is -0.384. The minimum atomic E-state index is -0.447. The van der Waals surface area contributed by atoms with Gasteiger partial charge in [-0.3, -0.25) is 14.9 Å². The van der Waals surface area contributed by atoms with E-state index in [1.54, 1.807) is 30.3 Å². The Bertz CT molecular complexity index is 1370. The number of methoxy groups -OCH3 is 1. The van der Waals surface area contributed by atoms with Crippen LogP contribution in [0.1, 0.15) is 16.8 Å². The highest BCUT2D eigenvalue weighted by molar-refractivity contribution is 7.13. The van der Waals surface area contributed by atoms with E-state index >= 15 is 0 Å². The van der Waals surface area contributed by atoms with Crippen molar-refractivity contribution in [3.8, 4) is 22.1 Å². The number of carbonyl (C=O) groups excluding carboxylic acids is 1. The molecule has 0 radical (unpaired) electrons. The predicted octanol–water partition coefficient (Wildman–Crippen LogP) is 5.00. The zero-order valence-corrected chi connectivity index (χ0v) is 20.1. The largest absolute Gasteiger partial charge is 0.493 e. The van der Waals surface area contributed by atoms with Gasteiger partial charge >= 0.3 is 0 Å². The van der Waals surface area contributed by atoms with Crippen molar-refractivity contribution in [1.82, 2.24) is 10.4 Å². The van der Waals surface area contributed by atoms with Crippen molar-refractivity contribution >= 4 is 29.1 Å². The summed E-state index contributed by atoms with van der Waals surface area (Å²) in [5.41, 5.74) is 5.72. The average molecular weight is 503 g/mol. The van der Waals surface area contributed by atoms with Crippen LogP contribution in [0.25, 0.3) is 10.6 Å². The van der Waals surface area contributed by atoms with Crippen molar-refractivity contribution in [2.45, 2.75) is 13.0 Å². The number of hydrogen-bond acceptors (Lipinski definition) is 8. The predicted molar refractivity (Wildman–Crippen MR) is 137 cm³/mol. The van der Waals surface area contributed by atoms with Crippen LogP contribution in [0.5, 0.6) is 11.5 Å². The monoisotopic (exact) mass is 502 g/mol. The molecule has 1 heterocycles. The molecule has 4 aromatic rings. The number of rotatable bonds is 10. The van der Waals surface area contributed by atoms with Gasteiger partial charge in [0.15, 0.2) is 11.5 Å². The lowest BCUT2D eigenvalue weighted by atomic mass is 10.2. The highest BCUT2D eigenvalue weighted by atomic mass is 32.1. The van der Waals surface area contributed by atoms with Gasteiger partial charge in [-0.05, 0) is 41.5 Å². The van der Waals surface area contributed by atoms with E-state index in [1.165, 1.54) is 36.8 Å². The normalized spacial score (nSPS) is 10.8. The van der Waals surface area contributed by atoms with Crippen molar-refractivity contribution in [2.75, 3.05) is 7.11 Å². The van der Waals surface area contributed by atoms with Gasteiger partial charge in [-0.1, -0.05) is 30.3 Å². The van der Waals surface area contributed by atoms with Crippen LogP contribution >= 0.6 is 11.3 Å². The van der Waals surface area contributed by atoms with E-state index in [0.717, 1.165) is 16.1 Å². The standard InChI is InChI=1S/C26H22N4O5S/c1-34-24-13-19(9-12-23(24)35-16-18-7-10-22(11-8-18)30(32)33)15-27-29-25(31)14-21-17-36-26(28-21)20-5-3-2-4-6-20/h2-13,15,17H,14,16H2,1H3,(H,29,31). The number of ether oxygens (including phenoxy) is 2. The van der Waals surface area contributed by atoms with Crippen LogP contribution in [0.2, 0.25) is 0 Å². The highest BCUT2D eigenvalue weighted by Gasteiger charge is 2.10. The number of hydrogen-bond donors (Lipinski definition) is 1. The highest BCUT2D eigenvalue weighted by Crippen LogP contribution is 2.28. The number of nitrogens with one attached hydrogen (secondary N) is 1. The first kappa shape index (κ1) is 24.6. The Morgan fingerprint density at radius 3 is 2.61 bits per heavy atom. The SMILES string of the molecule is COc1cc(C=NNC(=O)Cc2csc(-c3ccccc3)n2)ccc1OCc1ccc([N+](=O)[O-])cc1. The minimum Gasteiger partial charge on any atom is -0.493 e. The second-order valence-electron chi connectivity index (χ2n) is 7.60. The third kappa shape index (κ3) is 6.51. The molecule has 0 aliphatic rings. The summed E-state index contributed by atoms with van der Waals surface area (Å²) >= 11 is 1.49. The van der Waals surface area contributed by atoms with E-state index < -0.39 is 4.92 Å². The average Bonchev–Trinajstić information content (AvgIpc) is 3.37. The Morgan fingerprint density at radius 2 is 1.89 bits per heavy atom. The molecule has 0 aliphatic carbocycles. The Kier molecular flexibility index (Phi) is 7.99. The number of thiazole rings is 1. The van der Waals surface area contributed by atoms with Crippen molar-refractivity contribution in [1.29, 1.82) is 0 Å².